The quantitative estimate of drug-likeness (QED) is 0.642. The number of rotatable bonds is 7. The molecule has 0 saturated carbocycles. The van der Waals surface area contributed by atoms with E-state index in [9.17, 15) is 0 Å². The van der Waals surface area contributed by atoms with Crippen LogP contribution in [0.5, 0.6) is 5.75 Å². The van der Waals surface area contributed by atoms with Gasteiger partial charge in [0.2, 0.25) is 0 Å². The summed E-state index contributed by atoms with van der Waals surface area (Å²) in [5.41, 5.74) is 10.2. The molecule has 3 rings (SSSR count). The topological polar surface area (TPSA) is 90.4 Å². The maximum Gasteiger partial charge on any atom is 0.184 e. The third-order valence-corrected chi connectivity index (χ3v) is 4.17. The van der Waals surface area contributed by atoms with E-state index < -0.39 is 0 Å². The molecule has 2 heterocycles. The summed E-state index contributed by atoms with van der Waals surface area (Å²) in [4.78, 5) is 4.80. The van der Waals surface area contributed by atoms with Crippen molar-refractivity contribution in [3.8, 4) is 5.75 Å². The molecule has 24 heavy (non-hydrogen) atoms. The molecule has 7 nitrogen and oxygen atoms in total. The van der Waals surface area contributed by atoms with Gasteiger partial charge < -0.3 is 15.8 Å². The number of aromatic nitrogens is 4. The highest BCUT2D eigenvalue weighted by Gasteiger charge is 2.14. The number of ether oxygens (including phenoxy) is 1. The molecule has 0 atom stereocenters. The number of hydrogen-bond acceptors (Lipinski definition) is 6. The van der Waals surface area contributed by atoms with Gasteiger partial charge in [0.25, 0.3) is 0 Å². The van der Waals surface area contributed by atoms with Gasteiger partial charge in [-0.05, 0) is 51.4 Å². The minimum absolute atomic E-state index is 0.660. The Labute approximate surface area is 141 Å². The van der Waals surface area contributed by atoms with E-state index in [2.05, 4.69) is 15.5 Å². The van der Waals surface area contributed by atoms with E-state index in [1.807, 2.05) is 30.4 Å². The first-order valence-electron chi connectivity index (χ1n) is 8.25. The summed E-state index contributed by atoms with van der Waals surface area (Å²) in [6, 6.07) is 4.05. The van der Waals surface area contributed by atoms with Crippen LogP contribution in [0.4, 0.5) is 0 Å². The van der Waals surface area contributed by atoms with Gasteiger partial charge in [0.05, 0.1) is 18.1 Å². The van der Waals surface area contributed by atoms with Crippen LogP contribution in [0.15, 0.2) is 12.1 Å². The van der Waals surface area contributed by atoms with E-state index in [0.717, 1.165) is 65.4 Å². The standard InChI is InChI=1S/C17H24N6O/c1-11-8-13-15(9-16(11)24-3)23-12(2)21-22-17(23)14(20-13)10-19-7-5-4-6-18/h8-9,19H,4-7,10,18H2,1-3H3. The lowest BCUT2D eigenvalue weighted by atomic mass is 10.2. The van der Waals surface area contributed by atoms with Crippen LogP contribution in [0, 0.1) is 13.8 Å². The third-order valence-electron chi connectivity index (χ3n) is 4.17. The molecule has 0 unspecified atom stereocenters. The van der Waals surface area contributed by atoms with Gasteiger partial charge in [0.15, 0.2) is 5.65 Å². The lowest BCUT2D eigenvalue weighted by Crippen LogP contribution is -2.17. The van der Waals surface area contributed by atoms with Crippen LogP contribution >= 0.6 is 0 Å². The number of nitrogens with two attached hydrogens (primary N) is 1. The first-order chi connectivity index (χ1) is 11.7. The molecule has 1 aromatic carbocycles. The zero-order valence-electron chi connectivity index (χ0n) is 14.5. The summed E-state index contributed by atoms with van der Waals surface area (Å²) in [5, 5.41) is 12.0. The van der Waals surface area contributed by atoms with Crippen molar-refractivity contribution >= 4 is 16.7 Å². The molecule has 3 N–H and O–H groups in total. The Bertz CT molecular complexity index is 857. The number of nitrogens with zero attached hydrogens (tertiary/aromatic N) is 4. The first kappa shape index (κ1) is 16.6. The Kier molecular flexibility index (Phi) is 4.92. The van der Waals surface area contributed by atoms with Crippen molar-refractivity contribution in [3.05, 3.63) is 29.2 Å². The fourth-order valence-corrected chi connectivity index (χ4v) is 2.90. The second-order valence-electron chi connectivity index (χ2n) is 5.95. The highest BCUT2D eigenvalue weighted by Crippen LogP contribution is 2.26. The zero-order chi connectivity index (χ0) is 17.1. The normalized spacial score (nSPS) is 11.5. The van der Waals surface area contributed by atoms with Gasteiger partial charge in [-0.25, -0.2) is 4.98 Å². The van der Waals surface area contributed by atoms with Gasteiger partial charge in [0.1, 0.15) is 17.3 Å². The van der Waals surface area contributed by atoms with Gasteiger partial charge in [-0.15, -0.1) is 10.2 Å². The SMILES string of the molecule is COc1cc2c(cc1C)nc(CNCCCCN)c1nnc(C)n12. The van der Waals surface area contributed by atoms with Crippen LogP contribution in [-0.2, 0) is 6.54 Å². The molecule has 0 amide bonds. The van der Waals surface area contributed by atoms with E-state index in [1.165, 1.54) is 0 Å². The van der Waals surface area contributed by atoms with Crippen molar-refractivity contribution in [1.82, 2.24) is 24.9 Å². The number of fused-ring (bicyclic) bond motifs is 3. The summed E-state index contributed by atoms with van der Waals surface area (Å²) in [6.07, 6.45) is 2.08. The molecule has 0 bridgehead atoms. The summed E-state index contributed by atoms with van der Waals surface area (Å²) in [5.74, 6) is 1.68. The minimum Gasteiger partial charge on any atom is -0.496 e. The average Bonchev–Trinajstić information content (AvgIpc) is 2.96. The largest absolute Gasteiger partial charge is 0.496 e. The van der Waals surface area contributed by atoms with Gasteiger partial charge in [-0.1, -0.05) is 0 Å². The van der Waals surface area contributed by atoms with Gasteiger partial charge >= 0.3 is 0 Å². The van der Waals surface area contributed by atoms with Crippen molar-refractivity contribution in [2.75, 3.05) is 20.2 Å². The lowest BCUT2D eigenvalue weighted by Gasteiger charge is -2.11. The molecule has 0 aliphatic rings. The number of nitrogens with one attached hydrogen (secondary N) is 1. The van der Waals surface area contributed by atoms with Crippen LogP contribution in [0.2, 0.25) is 0 Å². The molecule has 0 spiro atoms. The molecule has 0 aliphatic heterocycles. The molecule has 0 saturated heterocycles. The summed E-state index contributed by atoms with van der Waals surface area (Å²) < 4.78 is 7.49. The van der Waals surface area contributed by atoms with Gasteiger partial charge in [-0.3, -0.25) is 4.40 Å². The van der Waals surface area contributed by atoms with E-state index in [4.69, 9.17) is 15.5 Å². The van der Waals surface area contributed by atoms with Crippen molar-refractivity contribution in [1.29, 1.82) is 0 Å². The predicted molar refractivity (Wildman–Crippen MR) is 94.3 cm³/mol. The van der Waals surface area contributed by atoms with Gasteiger partial charge in [0, 0.05) is 12.6 Å². The Morgan fingerprint density at radius 2 is 2.04 bits per heavy atom. The van der Waals surface area contributed by atoms with Crippen LogP contribution in [-0.4, -0.2) is 39.8 Å². The molecule has 0 aliphatic carbocycles. The summed E-state index contributed by atoms with van der Waals surface area (Å²) in [6.45, 7) is 6.27. The van der Waals surface area contributed by atoms with E-state index >= 15 is 0 Å². The Morgan fingerprint density at radius 3 is 2.79 bits per heavy atom. The number of unbranched alkanes of at least 4 members (excludes halogenated alkanes) is 1. The van der Waals surface area contributed by atoms with Crippen molar-refractivity contribution in [2.24, 2.45) is 5.73 Å². The molecule has 2 aromatic heterocycles. The van der Waals surface area contributed by atoms with Gasteiger partial charge in [-0.2, -0.15) is 0 Å². The second kappa shape index (κ2) is 7.11. The van der Waals surface area contributed by atoms with Crippen LogP contribution < -0.4 is 15.8 Å². The summed E-state index contributed by atoms with van der Waals surface area (Å²) >= 11 is 0. The van der Waals surface area contributed by atoms with Crippen LogP contribution in [0.1, 0.15) is 29.9 Å². The van der Waals surface area contributed by atoms with Crippen molar-refractivity contribution in [2.45, 2.75) is 33.2 Å². The predicted octanol–water partition coefficient (Wildman–Crippen LogP) is 1.73. The molecular weight excluding hydrogens is 304 g/mol. The van der Waals surface area contributed by atoms with Crippen LogP contribution in [0.25, 0.3) is 16.7 Å². The van der Waals surface area contributed by atoms with E-state index in [1.54, 1.807) is 7.11 Å². The number of hydrogen-bond donors (Lipinski definition) is 2. The molecule has 0 radical (unpaired) electrons. The summed E-state index contributed by atoms with van der Waals surface area (Å²) in [7, 11) is 1.68. The second-order valence-corrected chi connectivity index (χ2v) is 5.95. The van der Waals surface area contributed by atoms with Crippen molar-refractivity contribution < 1.29 is 4.74 Å². The molecule has 3 aromatic rings. The zero-order valence-corrected chi connectivity index (χ0v) is 14.5. The average molecular weight is 328 g/mol. The molecule has 128 valence electrons. The van der Waals surface area contributed by atoms with Crippen molar-refractivity contribution in [3.63, 3.8) is 0 Å². The fourth-order valence-electron chi connectivity index (χ4n) is 2.90. The first-order valence-corrected chi connectivity index (χ1v) is 8.25. The van der Waals surface area contributed by atoms with Crippen LogP contribution in [0.3, 0.4) is 0 Å². The monoisotopic (exact) mass is 328 g/mol. The Balaban J connectivity index is 2.02. The highest BCUT2D eigenvalue weighted by molar-refractivity contribution is 5.81. The van der Waals surface area contributed by atoms with E-state index in [-0.39, 0.29) is 0 Å². The smallest absolute Gasteiger partial charge is 0.184 e. The Hall–Kier alpha value is -2.25. The molecule has 7 heteroatoms. The molecule has 0 fully saturated rings. The Morgan fingerprint density at radius 1 is 1.21 bits per heavy atom. The lowest BCUT2D eigenvalue weighted by molar-refractivity contribution is 0.412. The number of aryl methyl sites for hydroxylation is 2. The fraction of sp³-hybridized carbons (Fsp3) is 0.471. The maximum atomic E-state index is 5.53. The minimum atomic E-state index is 0.660. The van der Waals surface area contributed by atoms with E-state index in [0.29, 0.717) is 6.54 Å². The number of benzene rings is 1. The number of methoxy groups -OCH3 is 1. The molecular formula is C17H24N6O. The third kappa shape index (κ3) is 3.05. The maximum absolute atomic E-state index is 5.53. The highest BCUT2D eigenvalue weighted by atomic mass is 16.5.